The van der Waals surface area contributed by atoms with Crippen molar-refractivity contribution in [2.45, 2.75) is 0 Å². The molecule has 0 radical (unpaired) electrons. The van der Waals surface area contributed by atoms with Crippen LogP contribution in [0.1, 0.15) is 15.9 Å². The van der Waals surface area contributed by atoms with Crippen LogP contribution in [0.5, 0.6) is 11.5 Å². The third-order valence-electron chi connectivity index (χ3n) is 4.08. The third-order valence-corrected chi connectivity index (χ3v) is 4.33. The largest absolute Gasteiger partial charge is 0.497 e. The van der Waals surface area contributed by atoms with E-state index in [1.54, 1.807) is 72.8 Å². The second-order valence-corrected chi connectivity index (χ2v) is 6.79. The molecular weight excluding hydrogens is 434 g/mol. The van der Waals surface area contributed by atoms with Crippen molar-refractivity contribution in [2.24, 2.45) is 5.10 Å². The van der Waals surface area contributed by atoms with Gasteiger partial charge in [0.1, 0.15) is 11.5 Å². The van der Waals surface area contributed by atoms with Crippen LogP contribution < -0.4 is 20.2 Å². The summed E-state index contributed by atoms with van der Waals surface area (Å²) in [5.41, 5.74) is 3.46. The number of ether oxygens (including phenoxy) is 2. The van der Waals surface area contributed by atoms with Crippen LogP contribution in [-0.4, -0.2) is 31.1 Å². The number of rotatable bonds is 6. The van der Waals surface area contributed by atoms with Crippen LogP contribution in [0.25, 0.3) is 0 Å². The summed E-state index contributed by atoms with van der Waals surface area (Å²) in [6.07, 6.45) is 1.32. The smallest absolute Gasteiger partial charge is 0.343 e. The lowest BCUT2D eigenvalue weighted by atomic mass is 10.2. The number of nitrogens with one attached hydrogen (secondary N) is 2. The number of halogens is 1. The highest BCUT2D eigenvalue weighted by Crippen LogP contribution is 2.17. The monoisotopic (exact) mass is 451 g/mol. The van der Waals surface area contributed by atoms with E-state index in [1.807, 2.05) is 0 Å². The quantitative estimate of drug-likeness (QED) is 0.195. The van der Waals surface area contributed by atoms with Crippen molar-refractivity contribution in [3.63, 3.8) is 0 Å². The van der Waals surface area contributed by atoms with Crippen molar-refractivity contribution in [3.05, 3.63) is 88.9 Å². The Morgan fingerprint density at radius 2 is 1.62 bits per heavy atom. The maximum absolute atomic E-state index is 12.3. The fourth-order valence-electron chi connectivity index (χ4n) is 2.49. The third kappa shape index (κ3) is 6.41. The van der Waals surface area contributed by atoms with Gasteiger partial charge in [-0.05, 0) is 66.2 Å². The van der Waals surface area contributed by atoms with Crippen molar-refractivity contribution < 1.29 is 23.9 Å². The van der Waals surface area contributed by atoms with Crippen molar-refractivity contribution in [3.8, 4) is 11.5 Å². The Morgan fingerprint density at radius 3 is 2.31 bits per heavy atom. The highest BCUT2D eigenvalue weighted by molar-refractivity contribution is 6.39. The van der Waals surface area contributed by atoms with Crippen LogP contribution in [0.4, 0.5) is 5.69 Å². The first-order chi connectivity index (χ1) is 15.4. The molecule has 3 aromatic carbocycles. The van der Waals surface area contributed by atoms with Gasteiger partial charge in [0.25, 0.3) is 0 Å². The van der Waals surface area contributed by atoms with E-state index in [2.05, 4.69) is 15.8 Å². The second kappa shape index (κ2) is 10.7. The minimum absolute atomic E-state index is 0.293. The molecule has 0 atom stereocenters. The fraction of sp³-hybridized carbons (Fsp3) is 0.0435. The Bertz CT molecular complexity index is 1150. The lowest BCUT2D eigenvalue weighted by Gasteiger charge is -2.06. The first-order valence-electron chi connectivity index (χ1n) is 9.31. The number of carbonyl (C=O) groups is 3. The number of carbonyl (C=O) groups excluding carboxylic acids is 3. The summed E-state index contributed by atoms with van der Waals surface area (Å²) in [6.45, 7) is 0. The molecule has 0 fully saturated rings. The minimum atomic E-state index is -0.946. The Morgan fingerprint density at radius 1 is 0.906 bits per heavy atom. The molecule has 0 saturated carbocycles. The maximum Gasteiger partial charge on any atom is 0.343 e. The number of hydrogen-bond donors (Lipinski definition) is 2. The molecule has 3 rings (SSSR count). The number of nitrogens with zero attached hydrogens (tertiary/aromatic N) is 1. The number of anilines is 1. The van der Waals surface area contributed by atoms with Crippen molar-refractivity contribution in [1.82, 2.24) is 5.43 Å². The number of amides is 2. The van der Waals surface area contributed by atoms with Crippen LogP contribution in [0, 0.1) is 0 Å². The molecule has 0 spiro atoms. The second-order valence-electron chi connectivity index (χ2n) is 6.35. The Balaban J connectivity index is 1.55. The minimum Gasteiger partial charge on any atom is -0.497 e. The molecule has 8 nitrogen and oxygen atoms in total. The molecule has 0 aliphatic carbocycles. The molecule has 0 aliphatic rings. The predicted octanol–water partition coefficient (Wildman–Crippen LogP) is 3.66. The van der Waals surface area contributed by atoms with Crippen LogP contribution in [0.3, 0.4) is 0 Å². The topological polar surface area (TPSA) is 106 Å². The molecule has 0 saturated heterocycles. The molecule has 32 heavy (non-hydrogen) atoms. The summed E-state index contributed by atoms with van der Waals surface area (Å²) in [5.74, 6) is -1.44. The molecule has 0 aliphatic heterocycles. The molecule has 2 amide bonds. The molecule has 0 heterocycles. The highest BCUT2D eigenvalue weighted by atomic mass is 35.5. The van der Waals surface area contributed by atoms with Crippen molar-refractivity contribution in [1.29, 1.82) is 0 Å². The van der Waals surface area contributed by atoms with E-state index in [0.29, 0.717) is 33.3 Å². The van der Waals surface area contributed by atoms with Gasteiger partial charge in [0, 0.05) is 10.7 Å². The Kier molecular flexibility index (Phi) is 7.55. The van der Waals surface area contributed by atoms with E-state index >= 15 is 0 Å². The van der Waals surface area contributed by atoms with E-state index in [4.69, 9.17) is 21.1 Å². The Labute approximate surface area is 188 Å². The fourth-order valence-corrected chi connectivity index (χ4v) is 2.61. The zero-order valence-electron chi connectivity index (χ0n) is 16.9. The van der Waals surface area contributed by atoms with Crippen LogP contribution in [0.15, 0.2) is 77.9 Å². The molecule has 0 bridgehead atoms. The van der Waals surface area contributed by atoms with Gasteiger partial charge in [-0.3, -0.25) is 9.59 Å². The number of esters is 1. The van der Waals surface area contributed by atoms with Crippen molar-refractivity contribution in [2.75, 3.05) is 12.4 Å². The Hall–Kier alpha value is -4.17. The summed E-state index contributed by atoms with van der Waals surface area (Å²) in [7, 11) is 1.54. The summed E-state index contributed by atoms with van der Waals surface area (Å²) in [4.78, 5) is 36.0. The van der Waals surface area contributed by atoms with E-state index < -0.39 is 17.8 Å². The number of benzene rings is 3. The van der Waals surface area contributed by atoms with Crippen molar-refractivity contribution >= 4 is 41.3 Å². The van der Waals surface area contributed by atoms with Gasteiger partial charge in [-0.25, -0.2) is 10.2 Å². The molecular formula is C23H18ClN3O5. The number of hydrazone groups is 1. The van der Waals surface area contributed by atoms with Gasteiger partial charge in [-0.15, -0.1) is 0 Å². The van der Waals surface area contributed by atoms with E-state index in [9.17, 15) is 14.4 Å². The standard InChI is InChI=1S/C23H18ClN3O5/c1-31-19-11-5-16(6-12-19)23(30)32-20-4-2-3-15(13-20)14-25-27-22(29)21(28)26-18-9-7-17(24)8-10-18/h2-14H,1H3,(H,26,28)(H,27,29)/b25-14+. The molecule has 162 valence electrons. The zero-order chi connectivity index (χ0) is 22.9. The normalized spacial score (nSPS) is 10.4. The van der Waals surface area contributed by atoms with Crippen LogP contribution in [0.2, 0.25) is 5.02 Å². The number of methoxy groups -OCH3 is 1. The van der Waals surface area contributed by atoms with Gasteiger partial charge in [-0.1, -0.05) is 23.7 Å². The SMILES string of the molecule is COc1ccc(C(=O)Oc2cccc(/C=N/NC(=O)C(=O)Nc3ccc(Cl)cc3)c2)cc1. The molecule has 9 heteroatoms. The lowest BCUT2D eigenvalue weighted by molar-refractivity contribution is -0.136. The average Bonchev–Trinajstić information content (AvgIpc) is 2.80. The van der Waals surface area contributed by atoms with Crippen LogP contribution in [-0.2, 0) is 9.59 Å². The lowest BCUT2D eigenvalue weighted by Crippen LogP contribution is -2.32. The van der Waals surface area contributed by atoms with Gasteiger partial charge in [-0.2, -0.15) is 5.10 Å². The average molecular weight is 452 g/mol. The predicted molar refractivity (Wildman–Crippen MR) is 120 cm³/mol. The zero-order valence-corrected chi connectivity index (χ0v) is 17.6. The van der Waals surface area contributed by atoms with E-state index in [-0.39, 0.29) is 0 Å². The first-order valence-corrected chi connectivity index (χ1v) is 9.68. The van der Waals surface area contributed by atoms with Gasteiger partial charge < -0.3 is 14.8 Å². The summed E-state index contributed by atoms with van der Waals surface area (Å²) in [6, 6.07) is 19.3. The number of hydrogen-bond acceptors (Lipinski definition) is 6. The first kappa shape index (κ1) is 22.5. The van der Waals surface area contributed by atoms with E-state index in [0.717, 1.165) is 0 Å². The van der Waals surface area contributed by atoms with Gasteiger partial charge in [0.2, 0.25) is 0 Å². The summed E-state index contributed by atoms with van der Waals surface area (Å²) < 4.78 is 10.4. The summed E-state index contributed by atoms with van der Waals surface area (Å²) >= 11 is 5.78. The molecule has 3 aromatic rings. The van der Waals surface area contributed by atoms with Gasteiger partial charge in [0.15, 0.2) is 0 Å². The molecule has 0 unspecified atom stereocenters. The van der Waals surface area contributed by atoms with Crippen LogP contribution >= 0.6 is 11.6 Å². The van der Waals surface area contributed by atoms with Gasteiger partial charge in [0.05, 0.1) is 18.9 Å². The molecule has 2 N–H and O–H groups in total. The molecule has 0 aromatic heterocycles. The van der Waals surface area contributed by atoms with Gasteiger partial charge >= 0.3 is 17.8 Å². The van der Waals surface area contributed by atoms with E-state index in [1.165, 1.54) is 13.3 Å². The maximum atomic E-state index is 12.3. The highest BCUT2D eigenvalue weighted by Gasteiger charge is 2.13. The summed E-state index contributed by atoms with van der Waals surface area (Å²) in [5, 5.41) is 6.69.